The summed E-state index contributed by atoms with van der Waals surface area (Å²) >= 11 is 3.44. The number of urea groups is 1. The Bertz CT molecular complexity index is 799. The van der Waals surface area contributed by atoms with E-state index in [1.807, 2.05) is 48.5 Å². The van der Waals surface area contributed by atoms with Gasteiger partial charge in [-0.05, 0) is 29.8 Å². The summed E-state index contributed by atoms with van der Waals surface area (Å²) in [5, 5.41) is 2.95. The molecule has 2 aliphatic heterocycles. The lowest BCUT2D eigenvalue weighted by Crippen LogP contribution is -2.50. The van der Waals surface area contributed by atoms with E-state index in [2.05, 4.69) is 21.2 Å². The summed E-state index contributed by atoms with van der Waals surface area (Å²) in [5.41, 5.74) is 1.07. The van der Waals surface area contributed by atoms with Crippen molar-refractivity contribution in [2.75, 3.05) is 32.8 Å². The van der Waals surface area contributed by atoms with Gasteiger partial charge in [0.2, 0.25) is 0 Å². The zero-order valence-corrected chi connectivity index (χ0v) is 16.4. The summed E-state index contributed by atoms with van der Waals surface area (Å²) in [6.07, 6.45) is -0.314. The highest BCUT2D eigenvalue weighted by Gasteiger charge is 2.27. The number of ether oxygens (including phenoxy) is 3. The number of para-hydroxylation sites is 2. The first-order chi connectivity index (χ1) is 13.2. The molecule has 0 radical (unpaired) electrons. The van der Waals surface area contributed by atoms with Gasteiger partial charge in [0.15, 0.2) is 17.6 Å². The lowest BCUT2D eigenvalue weighted by atomic mass is 10.1. The van der Waals surface area contributed by atoms with Gasteiger partial charge in [-0.25, -0.2) is 4.79 Å². The van der Waals surface area contributed by atoms with Crippen molar-refractivity contribution in [3.05, 3.63) is 58.6 Å². The van der Waals surface area contributed by atoms with Gasteiger partial charge >= 0.3 is 6.03 Å². The fourth-order valence-corrected chi connectivity index (χ4v) is 3.45. The van der Waals surface area contributed by atoms with Crippen molar-refractivity contribution in [1.29, 1.82) is 0 Å². The normalized spacial score (nSPS) is 21.6. The Morgan fingerprint density at radius 3 is 2.74 bits per heavy atom. The number of amides is 2. The van der Waals surface area contributed by atoms with Crippen molar-refractivity contribution in [2.24, 2.45) is 0 Å². The summed E-state index contributed by atoms with van der Waals surface area (Å²) in [6, 6.07) is 15.4. The van der Waals surface area contributed by atoms with Gasteiger partial charge in [0.05, 0.1) is 19.7 Å². The van der Waals surface area contributed by atoms with Crippen LogP contribution in [0.25, 0.3) is 0 Å². The third-order valence-corrected chi connectivity index (χ3v) is 5.17. The molecule has 0 saturated carbocycles. The van der Waals surface area contributed by atoms with Crippen molar-refractivity contribution >= 4 is 22.0 Å². The smallest absolute Gasteiger partial charge is 0.317 e. The first-order valence-corrected chi connectivity index (χ1v) is 9.76. The Morgan fingerprint density at radius 1 is 1.15 bits per heavy atom. The predicted octanol–water partition coefficient (Wildman–Crippen LogP) is 3.37. The molecule has 0 unspecified atom stereocenters. The molecule has 7 heteroatoms. The van der Waals surface area contributed by atoms with Crippen molar-refractivity contribution in [1.82, 2.24) is 10.2 Å². The van der Waals surface area contributed by atoms with E-state index in [-0.39, 0.29) is 18.2 Å². The van der Waals surface area contributed by atoms with Gasteiger partial charge in [0.25, 0.3) is 0 Å². The molecule has 0 bridgehead atoms. The maximum absolute atomic E-state index is 12.6. The first-order valence-electron chi connectivity index (χ1n) is 8.97. The van der Waals surface area contributed by atoms with Crippen LogP contribution in [0.3, 0.4) is 0 Å². The number of nitrogens with zero attached hydrogens (tertiary/aromatic N) is 1. The molecule has 2 aromatic rings. The Balaban J connectivity index is 1.30. The third kappa shape index (κ3) is 4.36. The number of hydrogen-bond acceptors (Lipinski definition) is 4. The lowest BCUT2D eigenvalue weighted by Gasteiger charge is -2.34. The standard InChI is InChI=1S/C20H21BrN2O4/c21-15-7-5-14(6-8-15)19-12-23(9-10-25-19)20(24)22-11-16-13-26-17-3-1-2-4-18(17)27-16/h1-8,16,19H,9-13H2,(H,22,24)/t16-,19-/m0/s1. The fourth-order valence-electron chi connectivity index (χ4n) is 3.19. The highest BCUT2D eigenvalue weighted by molar-refractivity contribution is 9.10. The van der Waals surface area contributed by atoms with Crippen molar-refractivity contribution in [3.8, 4) is 11.5 Å². The molecule has 2 heterocycles. The minimum absolute atomic E-state index is 0.108. The molecule has 2 aromatic carbocycles. The maximum atomic E-state index is 12.6. The van der Waals surface area contributed by atoms with Gasteiger partial charge < -0.3 is 24.4 Å². The van der Waals surface area contributed by atoms with E-state index in [1.54, 1.807) is 4.90 Å². The van der Waals surface area contributed by atoms with Crippen LogP contribution in [0.4, 0.5) is 4.79 Å². The number of hydrogen-bond donors (Lipinski definition) is 1. The summed E-state index contributed by atoms with van der Waals surface area (Å²) in [6.45, 7) is 2.43. The van der Waals surface area contributed by atoms with Crippen LogP contribution in [-0.4, -0.2) is 49.9 Å². The largest absolute Gasteiger partial charge is 0.486 e. The molecule has 2 aliphatic rings. The van der Waals surface area contributed by atoms with E-state index >= 15 is 0 Å². The molecule has 142 valence electrons. The summed E-state index contributed by atoms with van der Waals surface area (Å²) in [7, 11) is 0. The first kappa shape index (κ1) is 18.1. The number of morpholine rings is 1. The van der Waals surface area contributed by atoms with Gasteiger partial charge in [-0.15, -0.1) is 0 Å². The predicted molar refractivity (Wildman–Crippen MR) is 104 cm³/mol. The second-order valence-electron chi connectivity index (χ2n) is 6.54. The van der Waals surface area contributed by atoms with Crippen LogP contribution in [0.15, 0.2) is 53.0 Å². The Kier molecular flexibility index (Phi) is 5.50. The average molecular weight is 433 g/mol. The van der Waals surface area contributed by atoms with Crippen LogP contribution >= 0.6 is 15.9 Å². The van der Waals surface area contributed by atoms with Gasteiger partial charge in [0.1, 0.15) is 12.7 Å². The SMILES string of the molecule is O=C(NC[C@H]1COc2ccccc2O1)N1CCO[C@H](c2ccc(Br)cc2)C1. The average Bonchev–Trinajstić information content (AvgIpc) is 2.72. The summed E-state index contributed by atoms with van der Waals surface area (Å²) in [5.74, 6) is 1.45. The van der Waals surface area contributed by atoms with Crippen LogP contribution in [0.5, 0.6) is 11.5 Å². The molecule has 4 rings (SSSR count). The van der Waals surface area contributed by atoms with Crippen molar-refractivity contribution < 1.29 is 19.0 Å². The van der Waals surface area contributed by atoms with Crippen LogP contribution in [0, 0.1) is 0 Å². The number of rotatable bonds is 3. The molecule has 6 nitrogen and oxygen atoms in total. The van der Waals surface area contributed by atoms with Crippen LogP contribution in [0.1, 0.15) is 11.7 Å². The quantitative estimate of drug-likeness (QED) is 0.807. The van der Waals surface area contributed by atoms with E-state index in [9.17, 15) is 4.79 Å². The van der Waals surface area contributed by atoms with Crippen molar-refractivity contribution in [2.45, 2.75) is 12.2 Å². The van der Waals surface area contributed by atoms with E-state index in [0.29, 0.717) is 38.6 Å². The van der Waals surface area contributed by atoms with E-state index in [1.165, 1.54) is 0 Å². The second kappa shape index (κ2) is 8.19. The number of carbonyl (C=O) groups excluding carboxylic acids is 1. The van der Waals surface area contributed by atoms with E-state index in [4.69, 9.17) is 14.2 Å². The van der Waals surface area contributed by atoms with Gasteiger partial charge in [-0.1, -0.05) is 40.2 Å². The zero-order chi connectivity index (χ0) is 18.6. The summed E-state index contributed by atoms with van der Waals surface area (Å²) in [4.78, 5) is 14.4. The molecular weight excluding hydrogens is 412 g/mol. The topological polar surface area (TPSA) is 60.0 Å². The van der Waals surface area contributed by atoms with Crippen molar-refractivity contribution in [3.63, 3.8) is 0 Å². The molecule has 2 amide bonds. The van der Waals surface area contributed by atoms with E-state index < -0.39 is 0 Å². The molecule has 27 heavy (non-hydrogen) atoms. The number of halogens is 1. The number of fused-ring (bicyclic) bond motifs is 1. The monoisotopic (exact) mass is 432 g/mol. The molecule has 0 aliphatic carbocycles. The van der Waals surface area contributed by atoms with Crippen LogP contribution in [0.2, 0.25) is 0 Å². The highest BCUT2D eigenvalue weighted by Crippen LogP contribution is 2.30. The summed E-state index contributed by atoms with van der Waals surface area (Å²) < 4.78 is 18.4. The number of nitrogens with one attached hydrogen (secondary N) is 1. The minimum atomic E-state index is -0.202. The Morgan fingerprint density at radius 2 is 1.93 bits per heavy atom. The molecule has 0 spiro atoms. The lowest BCUT2D eigenvalue weighted by molar-refractivity contribution is -0.0159. The highest BCUT2D eigenvalue weighted by atomic mass is 79.9. The van der Waals surface area contributed by atoms with Gasteiger partial charge in [-0.3, -0.25) is 0 Å². The van der Waals surface area contributed by atoms with Gasteiger partial charge in [-0.2, -0.15) is 0 Å². The number of carbonyl (C=O) groups is 1. The van der Waals surface area contributed by atoms with Crippen LogP contribution in [-0.2, 0) is 4.74 Å². The third-order valence-electron chi connectivity index (χ3n) is 4.64. The Hall–Kier alpha value is -2.25. The maximum Gasteiger partial charge on any atom is 0.317 e. The molecular formula is C20H21BrN2O4. The molecule has 1 saturated heterocycles. The molecule has 0 aromatic heterocycles. The van der Waals surface area contributed by atoms with Crippen LogP contribution < -0.4 is 14.8 Å². The van der Waals surface area contributed by atoms with Gasteiger partial charge in [0, 0.05) is 11.0 Å². The zero-order valence-electron chi connectivity index (χ0n) is 14.8. The fraction of sp³-hybridized carbons (Fsp3) is 0.350. The molecule has 1 fully saturated rings. The minimum Gasteiger partial charge on any atom is -0.486 e. The Labute approximate surface area is 166 Å². The number of benzene rings is 2. The molecule has 1 N–H and O–H groups in total. The molecule has 2 atom stereocenters. The second-order valence-corrected chi connectivity index (χ2v) is 7.46. The van der Waals surface area contributed by atoms with E-state index in [0.717, 1.165) is 15.8 Å².